The van der Waals surface area contributed by atoms with E-state index >= 15 is 0 Å². The molecule has 0 fully saturated rings. The van der Waals surface area contributed by atoms with Gasteiger partial charge in [0.05, 0.1) is 18.8 Å². The van der Waals surface area contributed by atoms with Gasteiger partial charge in [0, 0.05) is 4.88 Å². The molecule has 0 aliphatic rings. The highest BCUT2D eigenvalue weighted by atomic mass is 32.1. The Morgan fingerprint density at radius 2 is 2.27 bits per heavy atom. The van der Waals surface area contributed by atoms with Crippen molar-refractivity contribution in [2.45, 2.75) is 20.4 Å². The molecule has 0 radical (unpaired) electrons. The van der Waals surface area contributed by atoms with E-state index in [2.05, 4.69) is 17.1 Å². The maximum atomic E-state index is 8.42. The van der Waals surface area contributed by atoms with Crippen molar-refractivity contribution in [2.24, 2.45) is 10.9 Å². The number of aryl methyl sites for hydroxylation is 2. The molecule has 84 valence electrons. The number of hydrogen-bond acceptors (Lipinski definition) is 5. The number of likely N-dealkylation sites (N-methyl/N-ethyl adjacent to an activating group) is 1. The monoisotopic (exact) mass is 228 g/mol. The summed E-state index contributed by atoms with van der Waals surface area (Å²) < 4.78 is 0. The molecule has 6 heteroatoms. The molecule has 1 aromatic rings. The Labute approximate surface area is 93.2 Å². The van der Waals surface area contributed by atoms with Gasteiger partial charge in [0.15, 0.2) is 5.84 Å². The van der Waals surface area contributed by atoms with Crippen molar-refractivity contribution < 1.29 is 5.21 Å². The van der Waals surface area contributed by atoms with Crippen molar-refractivity contribution in [3.05, 3.63) is 15.6 Å². The second kappa shape index (κ2) is 5.09. The quantitative estimate of drug-likeness (QED) is 0.348. The second-order valence-corrected chi connectivity index (χ2v) is 4.80. The SMILES string of the molecule is Cc1nc(CN(C)CC(N)=NO)sc1C. The van der Waals surface area contributed by atoms with Crippen LogP contribution in [-0.4, -0.2) is 34.5 Å². The molecule has 1 rings (SSSR count). The van der Waals surface area contributed by atoms with E-state index in [4.69, 9.17) is 10.9 Å². The van der Waals surface area contributed by atoms with Crippen LogP contribution in [0.5, 0.6) is 0 Å². The molecule has 0 amide bonds. The fourth-order valence-corrected chi connectivity index (χ4v) is 2.22. The summed E-state index contributed by atoms with van der Waals surface area (Å²) in [5.41, 5.74) is 6.48. The summed E-state index contributed by atoms with van der Waals surface area (Å²) in [5.74, 6) is 0.211. The average Bonchev–Trinajstić information content (AvgIpc) is 2.45. The van der Waals surface area contributed by atoms with Gasteiger partial charge in [-0.15, -0.1) is 11.3 Å². The van der Waals surface area contributed by atoms with Crippen LogP contribution in [0.1, 0.15) is 15.6 Å². The smallest absolute Gasteiger partial charge is 0.153 e. The molecule has 0 saturated carbocycles. The second-order valence-electron chi connectivity index (χ2n) is 3.51. The number of aromatic nitrogens is 1. The molecular weight excluding hydrogens is 212 g/mol. The molecule has 1 heterocycles. The molecule has 3 N–H and O–H groups in total. The maximum absolute atomic E-state index is 8.42. The van der Waals surface area contributed by atoms with Crippen molar-refractivity contribution >= 4 is 17.2 Å². The van der Waals surface area contributed by atoms with Crippen LogP contribution in [0.3, 0.4) is 0 Å². The third-order valence-electron chi connectivity index (χ3n) is 2.04. The lowest BCUT2D eigenvalue weighted by atomic mass is 10.4. The normalized spacial score (nSPS) is 12.4. The molecule has 0 aromatic carbocycles. The highest BCUT2D eigenvalue weighted by molar-refractivity contribution is 7.11. The number of thiazole rings is 1. The van der Waals surface area contributed by atoms with E-state index < -0.39 is 0 Å². The van der Waals surface area contributed by atoms with E-state index in [1.54, 1.807) is 11.3 Å². The predicted molar refractivity (Wildman–Crippen MR) is 61.3 cm³/mol. The van der Waals surface area contributed by atoms with Crippen molar-refractivity contribution in [1.82, 2.24) is 9.88 Å². The summed E-state index contributed by atoms with van der Waals surface area (Å²) in [5, 5.41) is 12.4. The van der Waals surface area contributed by atoms with Crippen LogP contribution >= 0.6 is 11.3 Å². The van der Waals surface area contributed by atoms with E-state index in [-0.39, 0.29) is 5.84 Å². The molecule has 0 unspecified atom stereocenters. The minimum atomic E-state index is 0.211. The van der Waals surface area contributed by atoms with Gasteiger partial charge in [-0.05, 0) is 20.9 Å². The Kier molecular flexibility index (Phi) is 4.05. The lowest BCUT2D eigenvalue weighted by molar-refractivity contribution is 0.308. The minimum absolute atomic E-state index is 0.211. The molecule has 1 aromatic heterocycles. The Balaban J connectivity index is 2.55. The summed E-state index contributed by atoms with van der Waals surface area (Å²) in [6.45, 7) is 5.21. The molecular formula is C9H16N4OS. The highest BCUT2D eigenvalue weighted by Crippen LogP contribution is 2.17. The van der Waals surface area contributed by atoms with Gasteiger partial charge in [0.1, 0.15) is 5.01 Å². The third-order valence-corrected chi connectivity index (χ3v) is 3.10. The van der Waals surface area contributed by atoms with Gasteiger partial charge in [-0.3, -0.25) is 4.90 Å². The van der Waals surface area contributed by atoms with Gasteiger partial charge in [-0.25, -0.2) is 4.98 Å². The van der Waals surface area contributed by atoms with Crippen LogP contribution in [0.15, 0.2) is 5.16 Å². The van der Waals surface area contributed by atoms with Crippen molar-refractivity contribution in [2.75, 3.05) is 13.6 Å². The van der Waals surface area contributed by atoms with Crippen molar-refractivity contribution in [3.8, 4) is 0 Å². The first-order valence-corrected chi connectivity index (χ1v) is 5.42. The third kappa shape index (κ3) is 3.49. The Morgan fingerprint density at radius 1 is 1.60 bits per heavy atom. The molecule has 0 atom stereocenters. The lowest BCUT2D eigenvalue weighted by Gasteiger charge is -2.13. The first-order chi connectivity index (χ1) is 7.02. The van der Waals surface area contributed by atoms with Crippen LogP contribution in [0.2, 0.25) is 0 Å². The largest absolute Gasteiger partial charge is 0.409 e. The summed E-state index contributed by atoms with van der Waals surface area (Å²) in [6.07, 6.45) is 0. The summed E-state index contributed by atoms with van der Waals surface area (Å²) in [7, 11) is 1.91. The number of nitrogens with two attached hydrogens (primary N) is 1. The number of hydrogen-bond donors (Lipinski definition) is 2. The van der Waals surface area contributed by atoms with Gasteiger partial charge in [-0.1, -0.05) is 5.16 Å². The van der Waals surface area contributed by atoms with Gasteiger partial charge in [0.25, 0.3) is 0 Å². The molecule has 0 bridgehead atoms. The van der Waals surface area contributed by atoms with Crippen LogP contribution in [0.25, 0.3) is 0 Å². The lowest BCUT2D eigenvalue weighted by Crippen LogP contribution is -2.30. The summed E-state index contributed by atoms with van der Waals surface area (Å²) >= 11 is 1.68. The number of oxime groups is 1. The fourth-order valence-electron chi connectivity index (χ4n) is 1.20. The zero-order valence-corrected chi connectivity index (χ0v) is 10.0. The molecule has 0 aliphatic carbocycles. The Bertz CT molecular complexity index is 341. The zero-order chi connectivity index (χ0) is 11.4. The molecule has 0 saturated heterocycles. The highest BCUT2D eigenvalue weighted by Gasteiger charge is 2.07. The van der Waals surface area contributed by atoms with Crippen LogP contribution in [0, 0.1) is 13.8 Å². The van der Waals surface area contributed by atoms with Crippen molar-refractivity contribution in [3.63, 3.8) is 0 Å². The predicted octanol–water partition coefficient (Wildman–Crippen LogP) is 0.938. The first kappa shape index (κ1) is 11.9. The van der Waals surface area contributed by atoms with Crippen LogP contribution in [-0.2, 0) is 6.54 Å². The summed E-state index contributed by atoms with van der Waals surface area (Å²) in [4.78, 5) is 7.61. The standard InChI is InChI=1S/C9H16N4OS/c1-6-7(2)15-9(11-6)5-13(3)4-8(10)12-14/h14H,4-5H2,1-3H3,(H2,10,12). The zero-order valence-electron chi connectivity index (χ0n) is 9.19. The topological polar surface area (TPSA) is 74.7 Å². The average molecular weight is 228 g/mol. The van der Waals surface area contributed by atoms with E-state index in [1.807, 2.05) is 18.9 Å². The number of amidine groups is 1. The summed E-state index contributed by atoms with van der Waals surface area (Å²) in [6, 6.07) is 0. The van der Waals surface area contributed by atoms with E-state index in [0.717, 1.165) is 17.2 Å². The van der Waals surface area contributed by atoms with Gasteiger partial charge >= 0.3 is 0 Å². The van der Waals surface area contributed by atoms with Crippen molar-refractivity contribution in [1.29, 1.82) is 0 Å². The van der Waals surface area contributed by atoms with Gasteiger partial charge in [-0.2, -0.15) is 0 Å². The van der Waals surface area contributed by atoms with Crippen LogP contribution < -0.4 is 5.73 Å². The molecule has 15 heavy (non-hydrogen) atoms. The maximum Gasteiger partial charge on any atom is 0.153 e. The fraction of sp³-hybridized carbons (Fsp3) is 0.556. The molecule has 0 aliphatic heterocycles. The Morgan fingerprint density at radius 3 is 2.73 bits per heavy atom. The van der Waals surface area contributed by atoms with E-state index in [1.165, 1.54) is 4.88 Å². The van der Waals surface area contributed by atoms with Gasteiger partial charge < -0.3 is 10.9 Å². The number of rotatable bonds is 4. The minimum Gasteiger partial charge on any atom is -0.409 e. The molecule has 0 spiro atoms. The van der Waals surface area contributed by atoms with E-state index in [0.29, 0.717) is 6.54 Å². The van der Waals surface area contributed by atoms with Crippen LogP contribution in [0.4, 0.5) is 0 Å². The molecule has 5 nitrogen and oxygen atoms in total. The first-order valence-electron chi connectivity index (χ1n) is 4.60. The Hall–Kier alpha value is -1.14. The van der Waals surface area contributed by atoms with Gasteiger partial charge in [0.2, 0.25) is 0 Å². The number of nitrogens with zero attached hydrogens (tertiary/aromatic N) is 3. The van der Waals surface area contributed by atoms with E-state index in [9.17, 15) is 0 Å².